The summed E-state index contributed by atoms with van der Waals surface area (Å²) in [5.41, 5.74) is -0.256. The molecule has 1 aliphatic carbocycles. The molecule has 1 heterocycles. The Morgan fingerprint density at radius 3 is 2.73 bits per heavy atom. The molecule has 1 aliphatic rings. The number of rotatable bonds is 5. The lowest BCUT2D eigenvalue weighted by Gasteiger charge is -2.31. The first-order chi connectivity index (χ1) is 12.3. The van der Waals surface area contributed by atoms with E-state index in [0.29, 0.717) is 29.9 Å². The molecule has 3 rings (SSSR count). The fourth-order valence-electron chi connectivity index (χ4n) is 2.99. The average Bonchev–Trinajstić information content (AvgIpc) is 3.11. The topological polar surface area (TPSA) is 118 Å². The normalized spacial score (nSPS) is 19.6. The highest BCUT2D eigenvalue weighted by Crippen LogP contribution is 2.35. The molecule has 0 aliphatic heterocycles. The van der Waals surface area contributed by atoms with Crippen molar-refractivity contribution in [3.05, 3.63) is 47.9 Å². The molecule has 2 aromatic rings. The molecule has 0 saturated carbocycles. The maximum atomic E-state index is 12.5. The fraction of sp³-hybridized carbons (Fsp3) is 0.353. The number of hydrogen-bond acceptors (Lipinski definition) is 6. The Hall–Kier alpha value is -2.36. The molecule has 26 heavy (non-hydrogen) atoms. The minimum atomic E-state index is -3.82. The third kappa shape index (κ3) is 3.74. The number of carbonyl (C=O) groups excluding carboxylic acids is 1. The van der Waals surface area contributed by atoms with E-state index < -0.39 is 21.7 Å². The second kappa shape index (κ2) is 7.10. The van der Waals surface area contributed by atoms with Gasteiger partial charge in [-0.2, -0.15) is 0 Å². The van der Waals surface area contributed by atoms with Crippen molar-refractivity contribution >= 4 is 21.8 Å². The van der Waals surface area contributed by atoms with Crippen LogP contribution in [0.2, 0.25) is 0 Å². The third-order valence-electron chi connectivity index (χ3n) is 4.39. The van der Waals surface area contributed by atoms with Crippen LogP contribution in [0.3, 0.4) is 0 Å². The summed E-state index contributed by atoms with van der Waals surface area (Å²) in [6.07, 6.45) is 2.75. The van der Waals surface area contributed by atoms with Gasteiger partial charge in [0.2, 0.25) is 10.0 Å². The van der Waals surface area contributed by atoms with Gasteiger partial charge in [-0.3, -0.25) is 5.32 Å². The lowest BCUT2D eigenvalue weighted by atomic mass is 9.83. The van der Waals surface area contributed by atoms with Crippen molar-refractivity contribution in [1.82, 2.24) is 4.72 Å². The summed E-state index contributed by atoms with van der Waals surface area (Å²) in [5, 5.41) is 13.3. The van der Waals surface area contributed by atoms with E-state index in [4.69, 9.17) is 4.42 Å². The summed E-state index contributed by atoms with van der Waals surface area (Å²) in [4.78, 5) is 11.2. The van der Waals surface area contributed by atoms with Crippen LogP contribution in [-0.2, 0) is 26.8 Å². The molecule has 9 heteroatoms. The molecule has 3 N–H and O–H groups in total. The van der Waals surface area contributed by atoms with Crippen LogP contribution in [0.25, 0.3) is 0 Å². The van der Waals surface area contributed by atoms with Gasteiger partial charge in [0.05, 0.1) is 18.3 Å². The molecule has 0 fully saturated rings. The molecule has 140 valence electrons. The van der Waals surface area contributed by atoms with Crippen LogP contribution >= 0.6 is 0 Å². The van der Waals surface area contributed by atoms with Crippen molar-refractivity contribution in [1.29, 1.82) is 0 Å². The Bertz CT molecular complexity index is 890. The summed E-state index contributed by atoms with van der Waals surface area (Å²) in [7, 11) is -2.58. The van der Waals surface area contributed by atoms with Gasteiger partial charge < -0.3 is 14.3 Å². The Morgan fingerprint density at radius 1 is 1.31 bits per heavy atom. The highest BCUT2D eigenvalue weighted by Gasteiger charge is 2.37. The van der Waals surface area contributed by atoms with Crippen molar-refractivity contribution in [3.8, 4) is 0 Å². The summed E-state index contributed by atoms with van der Waals surface area (Å²) in [5.74, 6) is 0.691. The predicted octanol–water partition coefficient (Wildman–Crippen LogP) is 1.96. The molecular formula is C17H20N2O6S. The van der Waals surface area contributed by atoms with Gasteiger partial charge in [-0.1, -0.05) is 0 Å². The first-order valence-electron chi connectivity index (χ1n) is 8.08. The molecule has 1 aromatic carbocycles. The van der Waals surface area contributed by atoms with Crippen molar-refractivity contribution < 1.29 is 27.5 Å². The van der Waals surface area contributed by atoms with Gasteiger partial charge in [0.25, 0.3) is 0 Å². The Balaban J connectivity index is 1.71. The van der Waals surface area contributed by atoms with E-state index in [9.17, 15) is 18.3 Å². The second-order valence-corrected chi connectivity index (χ2v) is 7.88. The molecule has 0 radical (unpaired) electrons. The third-order valence-corrected chi connectivity index (χ3v) is 5.81. The number of furan rings is 1. The molecule has 0 saturated heterocycles. The number of methoxy groups -OCH3 is 1. The summed E-state index contributed by atoms with van der Waals surface area (Å²) >= 11 is 0. The monoisotopic (exact) mass is 380 g/mol. The number of aryl methyl sites for hydroxylation is 1. The number of ether oxygens (including phenoxy) is 1. The number of sulfonamides is 1. The van der Waals surface area contributed by atoms with E-state index in [2.05, 4.69) is 14.8 Å². The zero-order chi connectivity index (χ0) is 18.8. The average molecular weight is 380 g/mol. The molecule has 0 spiro atoms. The van der Waals surface area contributed by atoms with E-state index in [0.717, 1.165) is 6.42 Å². The smallest absolute Gasteiger partial charge is 0.411 e. The van der Waals surface area contributed by atoms with Gasteiger partial charge in [0.1, 0.15) is 11.4 Å². The van der Waals surface area contributed by atoms with Crippen LogP contribution in [-0.4, -0.2) is 33.3 Å². The molecular weight excluding hydrogens is 360 g/mol. The summed E-state index contributed by atoms with van der Waals surface area (Å²) < 4.78 is 37.3. The van der Waals surface area contributed by atoms with Crippen LogP contribution in [0.15, 0.2) is 45.9 Å². The number of anilines is 1. The van der Waals surface area contributed by atoms with E-state index >= 15 is 0 Å². The molecule has 1 unspecified atom stereocenters. The maximum Gasteiger partial charge on any atom is 0.411 e. The number of aliphatic hydroxyl groups is 1. The molecule has 8 nitrogen and oxygen atoms in total. The summed E-state index contributed by atoms with van der Waals surface area (Å²) in [6.45, 7) is -0.149. The van der Waals surface area contributed by atoms with Crippen LogP contribution < -0.4 is 10.0 Å². The lowest BCUT2D eigenvalue weighted by Crippen LogP contribution is -2.42. The minimum Gasteiger partial charge on any atom is -0.469 e. The SMILES string of the molecule is COC(=O)Nc1ccc(S(=O)(=O)NCC2(O)CCCc3occc32)cc1. The Labute approximate surface area is 151 Å². The largest absolute Gasteiger partial charge is 0.469 e. The molecule has 1 aromatic heterocycles. The Kier molecular flexibility index (Phi) is 5.03. The van der Waals surface area contributed by atoms with Crippen molar-refractivity contribution in [2.45, 2.75) is 29.8 Å². The quantitative estimate of drug-likeness (QED) is 0.730. The van der Waals surface area contributed by atoms with Crippen LogP contribution in [0.4, 0.5) is 10.5 Å². The molecule has 0 bridgehead atoms. The van der Waals surface area contributed by atoms with E-state index in [1.165, 1.54) is 37.6 Å². The number of fused-ring (bicyclic) bond motifs is 1. The number of hydrogen-bond donors (Lipinski definition) is 3. The number of amides is 1. The fourth-order valence-corrected chi connectivity index (χ4v) is 4.08. The first-order valence-corrected chi connectivity index (χ1v) is 9.56. The van der Waals surface area contributed by atoms with E-state index in [1.807, 2.05) is 0 Å². The van der Waals surface area contributed by atoms with Crippen LogP contribution in [0.1, 0.15) is 24.2 Å². The van der Waals surface area contributed by atoms with Crippen molar-refractivity contribution in [2.75, 3.05) is 19.0 Å². The number of nitrogens with one attached hydrogen (secondary N) is 2. The predicted molar refractivity (Wildman–Crippen MR) is 93.2 cm³/mol. The highest BCUT2D eigenvalue weighted by molar-refractivity contribution is 7.89. The first kappa shape index (κ1) is 18.4. The van der Waals surface area contributed by atoms with Gasteiger partial charge >= 0.3 is 6.09 Å². The maximum absolute atomic E-state index is 12.5. The zero-order valence-electron chi connectivity index (χ0n) is 14.2. The van der Waals surface area contributed by atoms with E-state index in [1.54, 1.807) is 6.07 Å². The van der Waals surface area contributed by atoms with Gasteiger partial charge in [0.15, 0.2) is 0 Å². The van der Waals surface area contributed by atoms with Crippen LogP contribution in [0.5, 0.6) is 0 Å². The molecule has 1 atom stereocenters. The van der Waals surface area contributed by atoms with Crippen LogP contribution in [0, 0.1) is 0 Å². The summed E-state index contributed by atoms with van der Waals surface area (Å²) in [6, 6.07) is 7.31. The van der Waals surface area contributed by atoms with E-state index in [-0.39, 0.29) is 11.4 Å². The van der Waals surface area contributed by atoms with Gasteiger partial charge in [-0.05, 0) is 43.2 Å². The minimum absolute atomic E-state index is 0.0275. The molecule has 1 amide bonds. The van der Waals surface area contributed by atoms with Crippen molar-refractivity contribution in [3.63, 3.8) is 0 Å². The van der Waals surface area contributed by atoms with Gasteiger partial charge in [0, 0.05) is 24.2 Å². The Morgan fingerprint density at radius 2 is 2.04 bits per heavy atom. The van der Waals surface area contributed by atoms with Crippen molar-refractivity contribution in [2.24, 2.45) is 0 Å². The van der Waals surface area contributed by atoms with Gasteiger partial charge in [-0.15, -0.1) is 0 Å². The second-order valence-electron chi connectivity index (χ2n) is 6.11. The van der Waals surface area contributed by atoms with Gasteiger partial charge in [-0.25, -0.2) is 17.9 Å². The lowest BCUT2D eigenvalue weighted by molar-refractivity contribution is 0.0221. The number of benzene rings is 1. The zero-order valence-corrected chi connectivity index (χ0v) is 15.0. The number of carbonyl (C=O) groups is 1. The highest BCUT2D eigenvalue weighted by atomic mass is 32.2. The standard InChI is InChI=1S/C17H20N2O6S/c1-24-16(20)19-12-4-6-13(7-5-12)26(22,23)18-11-17(21)9-2-3-15-14(17)8-10-25-15/h4-8,10,18,21H,2-3,9,11H2,1H3,(H,19,20).